The Hall–Kier alpha value is -1.44. The summed E-state index contributed by atoms with van der Waals surface area (Å²) in [7, 11) is -3.51. The number of benzene rings is 1. The van der Waals surface area contributed by atoms with Crippen LogP contribution in [-0.4, -0.2) is 56.3 Å². The van der Waals surface area contributed by atoms with E-state index in [0.717, 1.165) is 38.8 Å². The maximum atomic E-state index is 13.0. The van der Waals surface area contributed by atoms with E-state index in [9.17, 15) is 13.2 Å². The highest BCUT2D eigenvalue weighted by molar-refractivity contribution is 7.89. The molecule has 0 bridgehead atoms. The maximum absolute atomic E-state index is 13.0. The Morgan fingerprint density at radius 3 is 2.59 bits per heavy atom. The van der Waals surface area contributed by atoms with Gasteiger partial charge in [0.05, 0.1) is 11.4 Å². The molecule has 2 heterocycles. The van der Waals surface area contributed by atoms with E-state index in [-0.39, 0.29) is 5.91 Å². The van der Waals surface area contributed by atoms with Gasteiger partial charge in [-0.1, -0.05) is 19.4 Å². The third-order valence-electron chi connectivity index (χ3n) is 5.51. The quantitative estimate of drug-likeness (QED) is 0.835. The highest BCUT2D eigenvalue weighted by Gasteiger charge is 2.27. The molecule has 0 spiro atoms. The van der Waals surface area contributed by atoms with E-state index < -0.39 is 10.0 Å². The summed E-state index contributed by atoms with van der Waals surface area (Å²) in [4.78, 5) is 14.9. The molecule has 0 aliphatic carbocycles. The summed E-state index contributed by atoms with van der Waals surface area (Å²) in [5.74, 6) is 0.529. The van der Waals surface area contributed by atoms with E-state index in [1.165, 1.54) is 6.42 Å². The van der Waals surface area contributed by atoms with E-state index in [2.05, 4.69) is 17.1 Å². The Morgan fingerprint density at radius 1 is 1.15 bits per heavy atom. The first kappa shape index (κ1) is 20.3. The Labute approximate surface area is 163 Å². The van der Waals surface area contributed by atoms with E-state index in [4.69, 9.17) is 0 Å². The predicted octanol–water partition coefficient (Wildman–Crippen LogP) is 2.84. The van der Waals surface area contributed by atoms with E-state index in [0.29, 0.717) is 41.7 Å². The third kappa shape index (κ3) is 5.09. The number of amides is 1. The van der Waals surface area contributed by atoms with Gasteiger partial charge in [-0.05, 0) is 62.8 Å². The number of piperidine rings is 2. The molecule has 0 unspecified atom stereocenters. The van der Waals surface area contributed by atoms with Gasteiger partial charge in [0.15, 0.2) is 0 Å². The van der Waals surface area contributed by atoms with Crippen molar-refractivity contribution in [3.05, 3.63) is 23.8 Å². The van der Waals surface area contributed by atoms with Crippen LogP contribution in [0, 0.1) is 12.8 Å². The van der Waals surface area contributed by atoms with Gasteiger partial charge in [0, 0.05) is 25.3 Å². The van der Waals surface area contributed by atoms with Crippen molar-refractivity contribution in [1.29, 1.82) is 0 Å². The molecule has 6 nitrogen and oxygen atoms in total. The van der Waals surface area contributed by atoms with Crippen LogP contribution in [-0.2, 0) is 14.8 Å². The molecular weight excluding hydrogens is 362 g/mol. The lowest BCUT2D eigenvalue weighted by molar-refractivity contribution is -0.117. The second-order valence-corrected chi connectivity index (χ2v) is 9.88. The fraction of sp³-hybridized carbons (Fsp3) is 0.650. The molecule has 150 valence electrons. The van der Waals surface area contributed by atoms with Crippen molar-refractivity contribution in [3.8, 4) is 0 Å². The summed E-state index contributed by atoms with van der Waals surface area (Å²) in [5, 5.41) is 2.88. The summed E-state index contributed by atoms with van der Waals surface area (Å²) < 4.78 is 27.6. The minimum Gasteiger partial charge on any atom is -0.325 e. The van der Waals surface area contributed by atoms with Gasteiger partial charge in [-0.25, -0.2) is 8.42 Å². The number of carbonyl (C=O) groups is 1. The van der Waals surface area contributed by atoms with Gasteiger partial charge in [-0.15, -0.1) is 0 Å². The van der Waals surface area contributed by atoms with Gasteiger partial charge in [0.1, 0.15) is 0 Å². The SMILES string of the molecule is Cc1ccc(NC(=O)CN2CCC[C@H](C)C2)cc1S(=O)(=O)N1CCCCC1. The lowest BCUT2D eigenvalue weighted by Gasteiger charge is -2.30. The van der Waals surface area contributed by atoms with Gasteiger partial charge in [-0.2, -0.15) is 4.31 Å². The molecule has 2 fully saturated rings. The van der Waals surface area contributed by atoms with Crippen molar-refractivity contribution < 1.29 is 13.2 Å². The van der Waals surface area contributed by atoms with Crippen LogP contribution in [0.1, 0.15) is 44.6 Å². The number of hydrogen-bond donors (Lipinski definition) is 1. The zero-order valence-electron chi connectivity index (χ0n) is 16.4. The summed E-state index contributed by atoms with van der Waals surface area (Å²) in [6.45, 7) is 7.40. The second-order valence-electron chi connectivity index (χ2n) is 7.98. The molecule has 2 aliphatic rings. The largest absolute Gasteiger partial charge is 0.325 e. The van der Waals surface area contributed by atoms with Gasteiger partial charge < -0.3 is 5.32 Å². The van der Waals surface area contributed by atoms with Crippen molar-refractivity contribution in [2.45, 2.75) is 50.8 Å². The number of nitrogens with one attached hydrogen (secondary N) is 1. The molecule has 7 heteroatoms. The highest BCUT2D eigenvalue weighted by Crippen LogP contribution is 2.26. The number of carbonyl (C=O) groups excluding carboxylic acids is 1. The number of hydrogen-bond acceptors (Lipinski definition) is 4. The normalized spacial score (nSPS) is 22.5. The Morgan fingerprint density at radius 2 is 1.89 bits per heavy atom. The van der Waals surface area contributed by atoms with E-state index >= 15 is 0 Å². The van der Waals surface area contributed by atoms with Crippen LogP contribution in [0.5, 0.6) is 0 Å². The number of sulfonamides is 1. The van der Waals surface area contributed by atoms with Crippen LogP contribution in [0.25, 0.3) is 0 Å². The van der Waals surface area contributed by atoms with Crippen molar-refractivity contribution in [2.24, 2.45) is 5.92 Å². The number of anilines is 1. The zero-order chi connectivity index (χ0) is 19.4. The maximum Gasteiger partial charge on any atom is 0.243 e. The summed E-state index contributed by atoms with van der Waals surface area (Å²) in [6, 6.07) is 5.16. The van der Waals surface area contributed by atoms with Crippen molar-refractivity contribution in [2.75, 3.05) is 38.0 Å². The Kier molecular flexibility index (Phi) is 6.55. The molecular formula is C20H31N3O3S. The average molecular weight is 394 g/mol. The smallest absolute Gasteiger partial charge is 0.243 e. The number of aryl methyl sites for hydroxylation is 1. The fourth-order valence-electron chi connectivity index (χ4n) is 4.03. The first-order valence-corrected chi connectivity index (χ1v) is 11.4. The van der Waals surface area contributed by atoms with Crippen molar-refractivity contribution >= 4 is 21.6 Å². The molecule has 27 heavy (non-hydrogen) atoms. The molecule has 0 radical (unpaired) electrons. The van der Waals surface area contributed by atoms with Gasteiger partial charge in [-0.3, -0.25) is 9.69 Å². The van der Waals surface area contributed by atoms with Gasteiger partial charge >= 0.3 is 0 Å². The summed E-state index contributed by atoms with van der Waals surface area (Å²) >= 11 is 0. The van der Waals surface area contributed by atoms with Crippen LogP contribution in [0.4, 0.5) is 5.69 Å². The standard InChI is InChI=1S/C20H31N3O3S/c1-16-7-6-10-22(14-16)15-20(24)21-18-9-8-17(2)19(13-18)27(25,26)23-11-4-3-5-12-23/h8-9,13,16H,3-7,10-12,14-15H2,1-2H3,(H,21,24)/t16-/m0/s1. The van der Waals surface area contributed by atoms with Gasteiger partial charge in [0.2, 0.25) is 15.9 Å². The van der Waals surface area contributed by atoms with E-state index in [1.807, 2.05) is 0 Å². The van der Waals surface area contributed by atoms with Crippen LogP contribution in [0.15, 0.2) is 23.1 Å². The van der Waals surface area contributed by atoms with Crippen LogP contribution in [0.3, 0.4) is 0 Å². The topological polar surface area (TPSA) is 69.7 Å². The lowest BCUT2D eigenvalue weighted by atomic mass is 10.0. The highest BCUT2D eigenvalue weighted by atomic mass is 32.2. The number of likely N-dealkylation sites (tertiary alicyclic amines) is 1. The molecule has 3 rings (SSSR count). The van der Waals surface area contributed by atoms with Crippen LogP contribution in [0.2, 0.25) is 0 Å². The second kappa shape index (κ2) is 8.71. The molecule has 1 aromatic carbocycles. The Bertz CT molecular complexity index is 773. The molecule has 1 amide bonds. The minimum atomic E-state index is -3.51. The fourth-order valence-corrected chi connectivity index (χ4v) is 5.80. The molecule has 1 atom stereocenters. The van der Waals surface area contributed by atoms with Crippen molar-refractivity contribution in [1.82, 2.24) is 9.21 Å². The number of nitrogens with zero attached hydrogens (tertiary/aromatic N) is 2. The van der Waals surface area contributed by atoms with Crippen LogP contribution >= 0.6 is 0 Å². The van der Waals surface area contributed by atoms with E-state index in [1.54, 1.807) is 29.4 Å². The first-order chi connectivity index (χ1) is 12.9. The molecule has 1 aromatic rings. The molecule has 0 aromatic heterocycles. The van der Waals surface area contributed by atoms with Crippen LogP contribution < -0.4 is 5.32 Å². The first-order valence-electron chi connectivity index (χ1n) is 9.99. The third-order valence-corrected chi connectivity index (χ3v) is 7.55. The lowest BCUT2D eigenvalue weighted by Crippen LogP contribution is -2.39. The monoisotopic (exact) mass is 393 g/mol. The number of rotatable bonds is 5. The predicted molar refractivity (Wildman–Crippen MR) is 107 cm³/mol. The average Bonchev–Trinajstić information content (AvgIpc) is 2.64. The molecule has 2 saturated heterocycles. The minimum absolute atomic E-state index is 0.0886. The molecule has 2 aliphatic heterocycles. The molecule has 0 saturated carbocycles. The van der Waals surface area contributed by atoms with Gasteiger partial charge in [0.25, 0.3) is 0 Å². The summed E-state index contributed by atoms with van der Waals surface area (Å²) in [6.07, 6.45) is 5.23. The van der Waals surface area contributed by atoms with Crippen molar-refractivity contribution in [3.63, 3.8) is 0 Å². The zero-order valence-corrected chi connectivity index (χ0v) is 17.2. The Balaban J connectivity index is 1.70. The molecule has 1 N–H and O–H groups in total. The summed E-state index contributed by atoms with van der Waals surface area (Å²) in [5.41, 5.74) is 1.26.